The van der Waals surface area contributed by atoms with E-state index in [1.165, 1.54) is 14.0 Å². The van der Waals surface area contributed by atoms with Gasteiger partial charge in [-0.05, 0) is 45.9 Å². The normalized spacial score (nSPS) is 11.2. The summed E-state index contributed by atoms with van der Waals surface area (Å²) in [4.78, 5) is 32.5. The number of primary amides is 1. The highest BCUT2D eigenvalue weighted by molar-refractivity contribution is 5.97. The van der Waals surface area contributed by atoms with E-state index in [4.69, 9.17) is 15.2 Å². The van der Waals surface area contributed by atoms with Gasteiger partial charge in [-0.1, -0.05) is 0 Å². The van der Waals surface area contributed by atoms with Crippen LogP contribution in [0.15, 0.2) is 23.8 Å². The van der Waals surface area contributed by atoms with E-state index in [1.54, 1.807) is 24.3 Å². The second kappa shape index (κ2) is 9.12. The molecule has 0 saturated heterocycles. The summed E-state index contributed by atoms with van der Waals surface area (Å²) in [5.41, 5.74) is 9.28. The predicted molar refractivity (Wildman–Crippen MR) is 107 cm³/mol. The van der Waals surface area contributed by atoms with Gasteiger partial charge in [0.2, 0.25) is 5.91 Å². The minimum atomic E-state index is -0.555. The van der Waals surface area contributed by atoms with E-state index >= 15 is 0 Å². The second-order valence-corrected chi connectivity index (χ2v) is 6.42. The predicted octanol–water partition coefficient (Wildman–Crippen LogP) is 2.95. The molecule has 0 saturated carbocycles. The first kappa shape index (κ1) is 21.1. The SMILES string of the molecule is COc1ccc(C(C)=O)c(OCCC(=Cc2nc(C)c(C)nc2C)C(N)=O)c1. The van der Waals surface area contributed by atoms with Gasteiger partial charge in [-0.15, -0.1) is 0 Å². The number of benzene rings is 1. The number of amides is 1. The van der Waals surface area contributed by atoms with Crippen molar-refractivity contribution < 1.29 is 19.1 Å². The number of carbonyl (C=O) groups is 2. The third-order valence-corrected chi connectivity index (χ3v) is 4.34. The molecule has 0 aliphatic rings. The van der Waals surface area contributed by atoms with Crippen LogP contribution in [-0.4, -0.2) is 35.4 Å². The van der Waals surface area contributed by atoms with Gasteiger partial charge in [-0.2, -0.15) is 0 Å². The molecular weight excluding hydrogens is 358 g/mol. The molecule has 0 radical (unpaired) electrons. The van der Waals surface area contributed by atoms with Crippen molar-refractivity contribution in [2.45, 2.75) is 34.1 Å². The average Bonchev–Trinajstić information content (AvgIpc) is 2.64. The number of carbonyl (C=O) groups excluding carboxylic acids is 2. The van der Waals surface area contributed by atoms with Crippen molar-refractivity contribution in [1.82, 2.24) is 9.97 Å². The molecule has 1 amide bonds. The first-order valence-corrected chi connectivity index (χ1v) is 8.87. The number of nitrogens with zero attached hydrogens (tertiary/aromatic N) is 2. The largest absolute Gasteiger partial charge is 0.497 e. The van der Waals surface area contributed by atoms with Crippen LogP contribution in [0.3, 0.4) is 0 Å². The van der Waals surface area contributed by atoms with Gasteiger partial charge in [0.15, 0.2) is 5.78 Å². The van der Waals surface area contributed by atoms with Gasteiger partial charge in [0.1, 0.15) is 11.5 Å². The highest BCUT2D eigenvalue weighted by Crippen LogP contribution is 2.26. The molecule has 2 N–H and O–H groups in total. The lowest BCUT2D eigenvalue weighted by Crippen LogP contribution is -2.16. The molecule has 2 aromatic rings. The summed E-state index contributed by atoms with van der Waals surface area (Å²) >= 11 is 0. The summed E-state index contributed by atoms with van der Waals surface area (Å²) in [6.07, 6.45) is 1.90. The molecule has 0 spiro atoms. The summed E-state index contributed by atoms with van der Waals surface area (Å²) in [6.45, 7) is 7.20. The molecule has 0 aliphatic heterocycles. The molecule has 7 nitrogen and oxygen atoms in total. The Labute approximate surface area is 164 Å². The fourth-order valence-corrected chi connectivity index (χ4v) is 2.61. The Morgan fingerprint density at radius 1 is 1.11 bits per heavy atom. The van der Waals surface area contributed by atoms with Crippen molar-refractivity contribution in [1.29, 1.82) is 0 Å². The minimum Gasteiger partial charge on any atom is -0.497 e. The van der Waals surface area contributed by atoms with E-state index < -0.39 is 5.91 Å². The Hall–Kier alpha value is -3.22. The molecule has 1 aromatic carbocycles. The lowest BCUT2D eigenvalue weighted by molar-refractivity contribution is -0.114. The molecule has 7 heteroatoms. The highest BCUT2D eigenvalue weighted by atomic mass is 16.5. The number of aromatic nitrogens is 2. The number of hydrogen-bond acceptors (Lipinski definition) is 6. The maximum Gasteiger partial charge on any atom is 0.244 e. The van der Waals surface area contributed by atoms with Crippen molar-refractivity contribution in [3.8, 4) is 11.5 Å². The molecule has 0 fully saturated rings. The molecule has 0 bridgehead atoms. The number of ketones is 1. The van der Waals surface area contributed by atoms with Crippen LogP contribution in [0.4, 0.5) is 0 Å². The van der Waals surface area contributed by atoms with Crippen molar-refractivity contribution in [3.63, 3.8) is 0 Å². The summed E-state index contributed by atoms with van der Waals surface area (Å²) in [7, 11) is 1.54. The van der Waals surface area contributed by atoms with Crippen LogP contribution in [0.5, 0.6) is 11.5 Å². The summed E-state index contributed by atoms with van der Waals surface area (Å²) in [5, 5.41) is 0. The van der Waals surface area contributed by atoms with Gasteiger partial charge in [-0.3, -0.25) is 14.6 Å². The number of hydrogen-bond donors (Lipinski definition) is 1. The van der Waals surface area contributed by atoms with Crippen molar-refractivity contribution in [2.24, 2.45) is 5.73 Å². The zero-order chi connectivity index (χ0) is 20.8. The van der Waals surface area contributed by atoms with E-state index in [2.05, 4.69) is 9.97 Å². The number of rotatable bonds is 8. The lowest BCUT2D eigenvalue weighted by atomic mass is 10.1. The van der Waals surface area contributed by atoms with Gasteiger partial charge < -0.3 is 15.2 Å². The molecule has 1 heterocycles. The standard InChI is InChI=1S/C21H25N3O4/c1-12-13(2)24-19(14(3)23-12)10-16(21(22)26)8-9-28-20-11-17(27-5)6-7-18(20)15(4)25/h6-7,10-11H,8-9H2,1-5H3,(H2,22,26). The van der Waals surface area contributed by atoms with Gasteiger partial charge in [0.25, 0.3) is 0 Å². The third kappa shape index (κ3) is 5.16. The van der Waals surface area contributed by atoms with E-state index in [9.17, 15) is 9.59 Å². The topological polar surface area (TPSA) is 104 Å². The van der Waals surface area contributed by atoms with Gasteiger partial charge >= 0.3 is 0 Å². The molecule has 2 rings (SSSR count). The number of methoxy groups -OCH3 is 1. The smallest absolute Gasteiger partial charge is 0.244 e. The number of nitrogens with two attached hydrogens (primary N) is 1. The van der Waals surface area contributed by atoms with Crippen molar-refractivity contribution in [2.75, 3.05) is 13.7 Å². The van der Waals surface area contributed by atoms with Crippen molar-refractivity contribution >= 4 is 17.8 Å². The molecule has 148 valence electrons. The van der Waals surface area contributed by atoms with E-state index in [0.717, 1.165) is 17.1 Å². The van der Waals surface area contributed by atoms with Crippen LogP contribution >= 0.6 is 0 Å². The van der Waals surface area contributed by atoms with Gasteiger partial charge in [-0.25, -0.2) is 4.98 Å². The molecule has 0 unspecified atom stereocenters. The Morgan fingerprint density at radius 3 is 2.39 bits per heavy atom. The van der Waals surface area contributed by atoms with Gasteiger partial charge in [0, 0.05) is 18.1 Å². The van der Waals surface area contributed by atoms with Gasteiger partial charge in [0.05, 0.1) is 42.1 Å². The summed E-state index contributed by atoms with van der Waals surface area (Å²) in [5.74, 6) is 0.300. The maximum absolute atomic E-state index is 11.9. The van der Waals surface area contributed by atoms with Crippen LogP contribution in [0.2, 0.25) is 0 Å². The quantitative estimate of drug-likeness (QED) is 0.555. The Balaban J connectivity index is 2.21. The zero-order valence-corrected chi connectivity index (χ0v) is 16.8. The van der Waals surface area contributed by atoms with Crippen LogP contribution in [0.1, 0.15) is 46.5 Å². The monoisotopic (exact) mass is 383 g/mol. The fourth-order valence-electron chi connectivity index (χ4n) is 2.61. The molecular formula is C21H25N3O4. The van der Waals surface area contributed by atoms with Crippen LogP contribution in [0, 0.1) is 20.8 Å². The maximum atomic E-state index is 11.9. The number of Topliss-reactive ketones (excluding diaryl/α,β-unsaturated/α-hetero) is 1. The Kier molecular flexibility index (Phi) is 6.87. The zero-order valence-electron chi connectivity index (χ0n) is 16.8. The van der Waals surface area contributed by atoms with E-state index in [0.29, 0.717) is 28.3 Å². The molecule has 28 heavy (non-hydrogen) atoms. The van der Waals surface area contributed by atoms with E-state index in [-0.39, 0.29) is 18.8 Å². The first-order valence-electron chi connectivity index (χ1n) is 8.87. The summed E-state index contributed by atoms with van der Waals surface area (Å²) in [6, 6.07) is 4.98. The molecule has 0 aliphatic carbocycles. The third-order valence-electron chi connectivity index (χ3n) is 4.34. The number of ether oxygens (including phenoxy) is 2. The second-order valence-electron chi connectivity index (χ2n) is 6.42. The Bertz CT molecular complexity index is 935. The Morgan fingerprint density at radius 2 is 1.79 bits per heavy atom. The minimum absolute atomic E-state index is 0.121. The molecule has 0 atom stereocenters. The highest BCUT2D eigenvalue weighted by Gasteiger charge is 2.13. The van der Waals surface area contributed by atoms with Crippen LogP contribution < -0.4 is 15.2 Å². The van der Waals surface area contributed by atoms with Crippen molar-refractivity contribution in [3.05, 3.63) is 52.1 Å². The van der Waals surface area contributed by atoms with Crippen LogP contribution in [0.25, 0.3) is 6.08 Å². The first-order chi connectivity index (χ1) is 13.2. The van der Waals surface area contributed by atoms with Crippen LogP contribution in [-0.2, 0) is 4.79 Å². The summed E-state index contributed by atoms with van der Waals surface area (Å²) < 4.78 is 10.9. The van der Waals surface area contributed by atoms with E-state index in [1.807, 2.05) is 20.8 Å². The fraction of sp³-hybridized carbons (Fsp3) is 0.333. The molecule has 1 aromatic heterocycles. The number of aryl methyl sites for hydroxylation is 3. The lowest BCUT2D eigenvalue weighted by Gasteiger charge is -2.12. The average molecular weight is 383 g/mol.